The van der Waals surface area contributed by atoms with Crippen LogP contribution in [-0.4, -0.2) is 19.0 Å². The first-order chi connectivity index (χ1) is 12.6. The fourth-order valence-electron chi connectivity index (χ4n) is 3.57. The van der Waals surface area contributed by atoms with E-state index in [2.05, 4.69) is 22.3 Å². The van der Waals surface area contributed by atoms with Crippen molar-refractivity contribution in [1.29, 1.82) is 0 Å². The van der Waals surface area contributed by atoms with Gasteiger partial charge in [0.1, 0.15) is 5.82 Å². The van der Waals surface area contributed by atoms with Gasteiger partial charge in [-0.3, -0.25) is 4.79 Å². The second-order valence-electron chi connectivity index (χ2n) is 6.72. The molecule has 134 valence electrons. The molecule has 0 aliphatic carbocycles. The third-order valence-electron chi connectivity index (χ3n) is 4.96. The van der Waals surface area contributed by atoms with Crippen LogP contribution >= 0.6 is 11.3 Å². The minimum atomic E-state index is -0.277. The van der Waals surface area contributed by atoms with Gasteiger partial charge in [-0.15, -0.1) is 11.3 Å². The predicted molar refractivity (Wildman–Crippen MR) is 107 cm³/mol. The summed E-state index contributed by atoms with van der Waals surface area (Å²) in [4.78, 5) is 15.6. The van der Waals surface area contributed by atoms with Crippen molar-refractivity contribution in [2.24, 2.45) is 0 Å². The highest BCUT2D eigenvalue weighted by atomic mass is 32.1. The molecule has 0 unspecified atom stereocenters. The molecule has 3 nitrogen and oxygen atoms in total. The minimum absolute atomic E-state index is 0.186. The van der Waals surface area contributed by atoms with Crippen LogP contribution in [0.5, 0.6) is 0 Å². The van der Waals surface area contributed by atoms with Crippen LogP contribution in [0.3, 0.4) is 0 Å². The third kappa shape index (κ3) is 3.19. The van der Waals surface area contributed by atoms with E-state index in [9.17, 15) is 9.18 Å². The van der Waals surface area contributed by atoms with Gasteiger partial charge in [0.05, 0.1) is 4.88 Å². The highest BCUT2D eigenvalue weighted by molar-refractivity contribution is 7.21. The molecule has 4 rings (SSSR count). The van der Waals surface area contributed by atoms with Crippen molar-refractivity contribution in [2.75, 3.05) is 23.3 Å². The van der Waals surface area contributed by atoms with E-state index in [1.54, 1.807) is 13.0 Å². The van der Waals surface area contributed by atoms with Gasteiger partial charge in [-0.1, -0.05) is 6.07 Å². The maximum atomic E-state index is 14.0. The van der Waals surface area contributed by atoms with Crippen molar-refractivity contribution in [1.82, 2.24) is 0 Å². The molecule has 2 heterocycles. The number of anilines is 2. The Morgan fingerprint density at radius 2 is 1.81 bits per heavy atom. The Morgan fingerprint density at radius 1 is 1.08 bits per heavy atom. The lowest BCUT2D eigenvalue weighted by Crippen LogP contribution is -2.29. The van der Waals surface area contributed by atoms with Crippen LogP contribution in [0.4, 0.5) is 15.8 Å². The quantitative estimate of drug-likeness (QED) is 0.653. The molecule has 1 N–H and O–H groups in total. The number of carbonyl (C=O) groups excluding carboxylic acids is 1. The molecule has 0 saturated carbocycles. The molecule has 0 atom stereocenters. The number of aryl methyl sites for hydroxylation is 1. The topological polar surface area (TPSA) is 32.3 Å². The van der Waals surface area contributed by atoms with E-state index in [1.807, 2.05) is 18.2 Å². The first-order valence-corrected chi connectivity index (χ1v) is 9.79. The predicted octanol–water partition coefficient (Wildman–Crippen LogP) is 5.59. The molecule has 5 heteroatoms. The summed E-state index contributed by atoms with van der Waals surface area (Å²) in [6.45, 7) is 3.99. The summed E-state index contributed by atoms with van der Waals surface area (Å²) < 4.78 is 14.8. The Hall–Kier alpha value is -2.40. The van der Waals surface area contributed by atoms with Gasteiger partial charge >= 0.3 is 0 Å². The summed E-state index contributed by atoms with van der Waals surface area (Å²) in [6, 6.07) is 12.9. The fourth-order valence-corrected chi connectivity index (χ4v) is 4.68. The molecule has 2 aromatic carbocycles. The Kier molecular flexibility index (Phi) is 4.64. The summed E-state index contributed by atoms with van der Waals surface area (Å²) in [5.74, 6) is -0.463. The van der Waals surface area contributed by atoms with Crippen molar-refractivity contribution in [3.63, 3.8) is 0 Å². The number of nitrogens with one attached hydrogen (secondary N) is 1. The zero-order valence-corrected chi connectivity index (χ0v) is 15.5. The standard InChI is InChI=1S/C21H21FN2OS/c1-14-19-17(22)6-5-7-18(19)26-20(14)21(25)23-15-8-10-16(11-9-15)24-12-3-2-4-13-24/h5-11H,2-4,12-13H2,1H3,(H,23,25). The summed E-state index contributed by atoms with van der Waals surface area (Å²) in [5, 5.41) is 3.48. The lowest BCUT2D eigenvalue weighted by molar-refractivity contribution is 0.103. The van der Waals surface area contributed by atoms with Crippen molar-refractivity contribution >= 4 is 38.7 Å². The number of nitrogens with zero attached hydrogens (tertiary/aromatic N) is 1. The lowest BCUT2D eigenvalue weighted by atomic mass is 10.1. The van der Waals surface area contributed by atoms with Crippen LogP contribution in [0.1, 0.15) is 34.5 Å². The zero-order valence-electron chi connectivity index (χ0n) is 14.7. The molecule has 0 spiro atoms. The number of halogens is 1. The average molecular weight is 368 g/mol. The molecule has 26 heavy (non-hydrogen) atoms. The first kappa shape index (κ1) is 17.0. The highest BCUT2D eigenvalue weighted by Gasteiger charge is 2.18. The first-order valence-electron chi connectivity index (χ1n) is 8.97. The second kappa shape index (κ2) is 7.08. The maximum Gasteiger partial charge on any atom is 0.266 e. The van der Waals surface area contributed by atoms with Crippen LogP contribution in [0.15, 0.2) is 42.5 Å². The van der Waals surface area contributed by atoms with Crippen molar-refractivity contribution in [2.45, 2.75) is 26.2 Å². The summed E-state index contributed by atoms with van der Waals surface area (Å²) in [6.07, 6.45) is 3.78. The third-order valence-corrected chi connectivity index (χ3v) is 6.21. The number of piperidine rings is 1. The molecule has 1 aliphatic rings. The Bertz CT molecular complexity index is 943. The monoisotopic (exact) mass is 368 g/mol. The average Bonchev–Trinajstić information content (AvgIpc) is 3.01. The van der Waals surface area contributed by atoms with E-state index in [0.29, 0.717) is 15.8 Å². The number of benzene rings is 2. The largest absolute Gasteiger partial charge is 0.372 e. The summed E-state index contributed by atoms with van der Waals surface area (Å²) in [5.41, 5.74) is 2.65. The second-order valence-corrected chi connectivity index (χ2v) is 7.77. The van der Waals surface area contributed by atoms with Crippen LogP contribution in [0, 0.1) is 12.7 Å². The van der Waals surface area contributed by atoms with Gasteiger partial charge < -0.3 is 10.2 Å². The summed E-state index contributed by atoms with van der Waals surface area (Å²) >= 11 is 1.33. The molecule has 1 saturated heterocycles. The van der Waals surface area contributed by atoms with Crippen LogP contribution in [0.2, 0.25) is 0 Å². The SMILES string of the molecule is Cc1c(C(=O)Nc2ccc(N3CCCCC3)cc2)sc2cccc(F)c12. The Labute approximate surface area is 156 Å². The molecular formula is C21H21FN2OS. The zero-order chi connectivity index (χ0) is 18.1. The number of fused-ring (bicyclic) bond motifs is 1. The van der Waals surface area contributed by atoms with Crippen molar-refractivity contribution in [3.8, 4) is 0 Å². The summed E-state index contributed by atoms with van der Waals surface area (Å²) in [7, 11) is 0. The maximum absolute atomic E-state index is 14.0. The van der Waals surface area contributed by atoms with E-state index in [-0.39, 0.29) is 11.7 Å². The molecule has 0 bridgehead atoms. The number of amides is 1. The van der Waals surface area contributed by atoms with Gasteiger partial charge in [-0.2, -0.15) is 0 Å². The molecule has 0 radical (unpaired) electrons. The van der Waals surface area contributed by atoms with Crippen molar-refractivity contribution < 1.29 is 9.18 Å². The van der Waals surface area contributed by atoms with Crippen LogP contribution in [-0.2, 0) is 0 Å². The number of carbonyl (C=O) groups is 1. The van der Waals surface area contributed by atoms with E-state index in [1.165, 1.54) is 42.4 Å². The van der Waals surface area contributed by atoms with Gasteiger partial charge in [-0.25, -0.2) is 4.39 Å². The minimum Gasteiger partial charge on any atom is -0.372 e. The van der Waals surface area contributed by atoms with Gasteiger partial charge in [0, 0.05) is 34.6 Å². The molecule has 1 amide bonds. The highest BCUT2D eigenvalue weighted by Crippen LogP contribution is 2.33. The number of hydrogen-bond acceptors (Lipinski definition) is 3. The van der Waals surface area contributed by atoms with E-state index < -0.39 is 0 Å². The van der Waals surface area contributed by atoms with E-state index >= 15 is 0 Å². The normalized spacial score (nSPS) is 14.6. The molecule has 1 aliphatic heterocycles. The van der Waals surface area contributed by atoms with E-state index in [0.717, 1.165) is 23.5 Å². The smallest absolute Gasteiger partial charge is 0.266 e. The van der Waals surface area contributed by atoms with Crippen molar-refractivity contribution in [3.05, 3.63) is 58.7 Å². The van der Waals surface area contributed by atoms with Gasteiger partial charge in [0.2, 0.25) is 0 Å². The number of thiophene rings is 1. The Balaban J connectivity index is 1.53. The molecular weight excluding hydrogens is 347 g/mol. The number of hydrogen-bond donors (Lipinski definition) is 1. The number of rotatable bonds is 3. The fraction of sp³-hybridized carbons (Fsp3) is 0.286. The van der Waals surface area contributed by atoms with Gasteiger partial charge in [0.25, 0.3) is 5.91 Å². The molecule has 1 fully saturated rings. The van der Waals surface area contributed by atoms with E-state index in [4.69, 9.17) is 0 Å². The Morgan fingerprint density at radius 3 is 2.50 bits per heavy atom. The van der Waals surface area contributed by atoms with Gasteiger partial charge in [0.15, 0.2) is 0 Å². The van der Waals surface area contributed by atoms with Crippen LogP contribution < -0.4 is 10.2 Å². The molecule has 1 aromatic heterocycles. The molecule has 3 aromatic rings. The van der Waals surface area contributed by atoms with Crippen LogP contribution in [0.25, 0.3) is 10.1 Å². The van der Waals surface area contributed by atoms with Gasteiger partial charge in [-0.05, 0) is 68.1 Å². The lowest BCUT2D eigenvalue weighted by Gasteiger charge is -2.28.